The molecular formula is C16H19BrN2O2. The molecule has 2 N–H and O–H groups in total. The normalized spacial score (nSPS) is 13.5. The van der Waals surface area contributed by atoms with Gasteiger partial charge in [-0.2, -0.15) is 0 Å². The number of halogens is 1. The molecule has 5 heteroatoms. The molecule has 0 aliphatic carbocycles. The fraction of sp³-hybridized carbons (Fsp3) is 0.312. The molecule has 2 unspecified atom stereocenters. The van der Waals surface area contributed by atoms with Crippen molar-refractivity contribution in [3.05, 3.63) is 58.5 Å². The standard InChI is InChI=1S/C16H19BrN2O2/c1-11(9-15-7-4-8-21-15)18-16(20)19-12(2)13-5-3-6-14(17)10-13/h3-8,10-12H,9H2,1-2H3,(H2,18,19,20). The number of amides is 2. The smallest absolute Gasteiger partial charge is 0.315 e. The summed E-state index contributed by atoms with van der Waals surface area (Å²) in [6, 6.07) is 11.4. The monoisotopic (exact) mass is 350 g/mol. The highest BCUT2D eigenvalue weighted by Gasteiger charge is 2.13. The Balaban J connectivity index is 1.83. The fourth-order valence-electron chi connectivity index (χ4n) is 2.10. The Morgan fingerprint density at radius 2 is 2.05 bits per heavy atom. The number of hydrogen-bond donors (Lipinski definition) is 2. The lowest BCUT2D eigenvalue weighted by Gasteiger charge is -2.18. The van der Waals surface area contributed by atoms with E-state index in [4.69, 9.17) is 4.42 Å². The number of carbonyl (C=O) groups excluding carboxylic acids is 1. The third kappa shape index (κ3) is 4.93. The molecule has 2 atom stereocenters. The molecule has 2 aromatic rings. The van der Waals surface area contributed by atoms with E-state index in [0.717, 1.165) is 15.8 Å². The Kier molecular flexibility index (Phi) is 5.44. The highest BCUT2D eigenvalue weighted by Crippen LogP contribution is 2.17. The van der Waals surface area contributed by atoms with Crippen LogP contribution in [0.4, 0.5) is 4.79 Å². The van der Waals surface area contributed by atoms with E-state index >= 15 is 0 Å². The molecule has 4 nitrogen and oxygen atoms in total. The molecule has 1 heterocycles. The van der Waals surface area contributed by atoms with Crippen LogP contribution in [0.15, 0.2) is 51.6 Å². The van der Waals surface area contributed by atoms with Gasteiger partial charge in [0.15, 0.2) is 0 Å². The van der Waals surface area contributed by atoms with Crippen molar-refractivity contribution < 1.29 is 9.21 Å². The minimum Gasteiger partial charge on any atom is -0.469 e. The number of hydrogen-bond acceptors (Lipinski definition) is 2. The second kappa shape index (κ2) is 7.31. The molecule has 0 fully saturated rings. The topological polar surface area (TPSA) is 54.3 Å². The average Bonchev–Trinajstić information content (AvgIpc) is 2.91. The summed E-state index contributed by atoms with van der Waals surface area (Å²) in [6.45, 7) is 3.91. The number of benzene rings is 1. The van der Waals surface area contributed by atoms with Crippen molar-refractivity contribution in [2.24, 2.45) is 0 Å². The first-order valence-electron chi connectivity index (χ1n) is 6.89. The van der Waals surface area contributed by atoms with Crippen LogP contribution in [0.1, 0.15) is 31.2 Å². The van der Waals surface area contributed by atoms with Crippen molar-refractivity contribution in [3.63, 3.8) is 0 Å². The summed E-state index contributed by atoms with van der Waals surface area (Å²) < 4.78 is 6.27. The zero-order valence-corrected chi connectivity index (χ0v) is 13.7. The molecule has 112 valence electrons. The molecule has 2 amide bonds. The summed E-state index contributed by atoms with van der Waals surface area (Å²) >= 11 is 3.43. The van der Waals surface area contributed by atoms with Crippen molar-refractivity contribution in [2.75, 3.05) is 0 Å². The lowest BCUT2D eigenvalue weighted by Crippen LogP contribution is -2.42. The van der Waals surface area contributed by atoms with Gasteiger partial charge in [-0.3, -0.25) is 0 Å². The first kappa shape index (κ1) is 15.6. The molecule has 0 spiro atoms. The highest BCUT2D eigenvalue weighted by atomic mass is 79.9. The summed E-state index contributed by atoms with van der Waals surface area (Å²) in [7, 11) is 0. The Morgan fingerprint density at radius 1 is 1.24 bits per heavy atom. The van der Waals surface area contributed by atoms with Crippen LogP contribution in [0.5, 0.6) is 0 Å². The quantitative estimate of drug-likeness (QED) is 0.854. The van der Waals surface area contributed by atoms with E-state index in [0.29, 0.717) is 6.42 Å². The molecule has 0 aliphatic heterocycles. The van der Waals surface area contributed by atoms with E-state index in [1.165, 1.54) is 0 Å². The van der Waals surface area contributed by atoms with Crippen molar-refractivity contribution in [3.8, 4) is 0 Å². The maximum atomic E-state index is 12.0. The van der Waals surface area contributed by atoms with Gasteiger partial charge in [0.1, 0.15) is 5.76 Å². The van der Waals surface area contributed by atoms with Crippen LogP contribution in [0, 0.1) is 0 Å². The third-order valence-corrected chi connectivity index (χ3v) is 3.65. The summed E-state index contributed by atoms with van der Waals surface area (Å²) in [5, 5.41) is 5.84. The number of nitrogens with one attached hydrogen (secondary N) is 2. The average molecular weight is 351 g/mol. The summed E-state index contributed by atoms with van der Waals surface area (Å²) in [5.41, 5.74) is 1.05. The van der Waals surface area contributed by atoms with Gasteiger partial charge in [0, 0.05) is 16.9 Å². The van der Waals surface area contributed by atoms with Gasteiger partial charge in [0.2, 0.25) is 0 Å². The first-order chi connectivity index (χ1) is 10.0. The molecule has 0 bridgehead atoms. The molecule has 0 aliphatic rings. The zero-order valence-electron chi connectivity index (χ0n) is 12.1. The van der Waals surface area contributed by atoms with Crippen molar-refractivity contribution in [1.82, 2.24) is 10.6 Å². The van der Waals surface area contributed by atoms with Crippen LogP contribution in [-0.2, 0) is 6.42 Å². The largest absolute Gasteiger partial charge is 0.469 e. The lowest BCUT2D eigenvalue weighted by molar-refractivity contribution is 0.234. The van der Waals surface area contributed by atoms with E-state index < -0.39 is 0 Å². The van der Waals surface area contributed by atoms with Crippen LogP contribution in [0.3, 0.4) is 0 Å². The van der Waals surface area contributed by atoms with Gasteiger partial charge < -0.3 is 15.1 Å². The predicted molar refractivity (Wildman–Crippen MR) is 86.1 cm³/mol. The van der Waals surface area contributed by atoms with E-state index in [9.17, 15) is 4.79 Å². The van der Waals surface area contributed by atoms with Gasteiger partial charge >= 0.3 is 6.03 Å². The highest BCUT2D eigenvalue weighted by molar-refractivity contribution is 9.10. The van der Waals surface area contributed by atoms with Crippen molar-refractivity contribution in [2.45, 2.75) is 32.4 Å². The molecule has 1 aromatic carbocycles. The first-order valence-corrected chi connectivity index (χ1v) is 7.69. The molecule has 0 saturated carbocycles. The van der Waals surface area contributed by atoms with Crippen LogP contribution < -0.4 is 10.6 Å². The number of carbonyl (C=O) groups is 1. The van der Waals surface area contributed by atoms with Crippen molar-refractivity contribution >= 4 is 22.0 Å². The van der Waals surface area contributed by atoms with Gasteiger partial charge in [-0.15, -0.1) is 0 Å². The number of urea groups is 1. The predicted octanol–water partition coefficient (Wildman–Crippen LogP) is 4.03. The third-order valence-electron chi connectivity index (χ3n) is 3.16. The van der Waals surface area contributed by atoms with Crippen LogP contribution >= 0.6 is 15.9 Å². The molecule has 21 heavy (non-hydrogen) atoms. The van der Waals surface area contributed by atoms with Gasteiger partial charge in [-0.25, -0.2) is 4.79 Å². The van der Waals surface area contributed by atoms with Gasteiger partial charge in [0.05, 0.1) is 12.3 Å². The Bertz CT molecular complexity index is 584. The maximum Gasteiger partial charge on any atom is 0.315 e. The minimum absolute atomic E-state index is 0.00543. The minimum atomic E-state index is -0.179. The maximum absolute atomic E-state index is 12.0. The van der Waals surface area contributed by atoms with Crippen LogP contribution in [0.25, 0.3) is 0 Å². The molecule has 1 aromatic heterocycles. The molecule has 0 saturated heterocycles. The Labute approximate surface area is 133 Å². The van der Waals surface area contributed by atoms with Gasteiger partial charge in [-0.05, 0) is 43.7 Å². The van der Waals surface area contributed by atoms with E-state index in [-0.39, 0.29) is 18.1 Å². The number of furan rings is 1. The van der Waals surface area contributed by atoms with Crippen LogP contribution in [0.2, 0.25) is 0 Å². The van der Waals surface area contributed by atoms with Crippen LogP contribution in [-0.4, -0.2) is 12.1 Å². The van der Waals surface area contributed by atoms with Gasteiger partial charge in [-0.1, -0.05) is 28.1 Å². The summed E-state index contributed by atoms with van der Waals surface area (Å²) in [6.07, 6.45) is 2.31. The summed E-state index contributed by atoms with van der Waals surface area (Å²) in [4.78, 5) is 12.0. The lowest BCUT2D eigenvalue weighted by atomic mass is 10.1. The second-order valence-electron chi connectivity index (χ2n) is 5.08. The second-order valence-corrected chi connectivity index (χ2v) is 5.99. The molecular weight excluding hydrogens is 332 g/mol. The Hall–Kier alpha value is -1.75. The fourth-order valence-corrected chi connectivity index (χ4v) is 2.52. The SMILES string of the molecule is CC(Cc1ccco1)NC(=O)NC(C)c1cccc(Br)c1. The van der Waals surface area contributed by atoms with Crippen molar-refractivity contribution in [1.29, 1.82) is 0 Å². The van der Waals surface area contributed by atoms with E-state index in [1.807, 2.05) is 50.2 Å². The summed E-state index contributed by atoms with van der Waals surface area (Å²) in [5.74, 6) is 0.864. The Morgan fingerprint density at radius 3 is 2.71 bits per heavy atom. The van der Waals surface area contributed by atoms with Gasteiger partial charge in [0.25, 0.3) is 0 Å². The number of rotatable bonds is 5. The molecule has 2 rings (SSSR count). The van der Waals surface area contributed by atoms with E-state index in [2.05, 4.69) is 26.6 Å². The molecule has 0 radical (unpaired) electrons. The zero-order chi connectivity index (χ0) is 15.2. The van der Waals surface area contributed by atoms with E-state index in [1.54, 1.807) is 6.26 Å².